The van der Waals surface area contributed by atoms with Gasteiger partial charge in [-0.1, -0.05) is 20.8 Å². The molecule has 0 spiro atoms. The third-order valence-electron chi connectivity index (χ3n) is 2.13. The maximum absolute atomic E-state index is 12.9. The van der Waals surface area contributed by atoms with E-state index < -0.39 is 0 Å². The summed E-state index contributed by atoms with van der Waals surface area (Å²) in [5, 5.41) is 0.830. The van der Waals surface area contributed by atoms with Crippen LogP contribution >= 0.6 is 0 Å². The fourth-order valence-electron chi connectivity index (χ4n) is 1.31. The Balaban J connectivity index is 2.63. The molecule has 1 radical (unpaired) electrons. The molecule has 0 fully saturated rings. The minimum atomic E-state index is -0.313. The Hall–Kier alpha value is -1.31. The molecule has 1 aromatic carbocycles. The molecule has 0 aliphatic heterocycles. The Morgan fingerprint density at radius 3 is 2.64 bits per heavy atom. The second-order valence-corrected chi connectivity index (χ2v) is 4.46. The molecule has 0 N–H and O–H groups in total. The summed E-state index contributed by atoms with van der Waals surface area (Å²) in [6, 6.07) is 7.47. The van der Waals surface area contributed by atoms with Gasteiger partial charge >= 0.3 is 0 Å². The maximum atomic E-state index is 12.9. The van der Waals surface area contributed by atoms with Crippen molar-refractivity contribution in [3.8, 4) is 0 Å². The van der Waals surface area contributed by atoms with Crippen LogP contribution in [0.15, 0.2) is 22.6 Å². The lowest BCUT2D eigenvalue weighted by Gasteiger charge is -2.13. The molecule has 0 atom stereocenters. The molecule has 2 aromatic rings. The first kappa shape index (κ1) is 9.25. The van der Waals surface area contributed by atoms with E-state index in [-0.39, 0.29) is 11.2 Å². The quantitative estimate of drug-likeness (QED) is 0.619. The molecule has 2 heteroatoms. The van der Waals surface area contributed by atoms with Gasteiger partial charge in [0.2, 0.25) is 0 Å². The van der Waals surface area contributed by atoms with Crippen LogP contribution < -0.4 is 0 Å². The van der Waals surface area contributed by atoms with Crippen LogP contribution in [0.2, 0.25) is 0 Å². The Morgan fingerprint density at radius 2 is 2.00 bits per heavy atom. The number of rotatable bonds is 0. The van der Waals surface area contributed by atoms with Gasteiger partial charge in [0.25, 0.3) is 0 Å². The van der Waals surface area contributed by atoms with Crippen LogP contribution in [0.5, 0.6) is 0 Å². The first-order valence-electron chi connectivity index (χ1n) is 4.58. The van der Waals surface area contributed by atoms with Crippen molar-refractivity contribution in [2.24, 2.45) is 0 Å². The fraction of sp³-hybridized carbons (Fsp3) is 0.333. The number of hydrogen-bond donors (Lipinski definition) is 0. The summed E-state index contributed by atoms with van der Waals surface area (Å²) in [6.07, 6.45) is 0. The molecule has 73 valence electrons. The molecule has 0 amide bonds. The summed E-state index contributed by atoms with van der Waals surface area (Å²) in [4.78, 5) is 0. The highest BCUT2D eigenvalue weighted by atomic mass is 19.1. The third-order valence-corrected chi connectivity index (χ3v) is 2.13. The summed E-state index contributed by atoms with van der Waals surface area (Å²) >= 11 is 0. The summed E-state index contributed by atoms with van der Waals surface area (Å²) < 4.78 is 18.4. The number of furan rings is 1. The fourth-order valence-corrected chi connectivity index (χ4v) is 1.31. The van der Waals surface area contributed by atoms with E-state index in [1.54, 1.807) is 0 Å². The smallest absolute Gasteiger partial charge is 0.137 e. The Labute approximate surface area is 82.5 Å². The molecule has 14 heavy (non-hydrogen) atoms. The van der Waals surface area contributed by atoms with E-state index in [0.717, 1.165) is 11.1 Å². The molecule has 0 unspecified atom stereocenters. The lowest BCUT2D eigenvalue weighted by molar-refractivity contribution is 0.429. The maximum Gasteiger partial charge on any atom is 0.137 e. The molecule has 2 rings (SSSR count). The zero-order chi connectivity index (χ0) is 10.3. The van der Waals surface area contributed by atoms with Crippen LogP contribution in [0.3, 0.4) is 0 Å². The number of halogens is 1. The highest BCUT2D eigenvalue weighted by Gasteiger charge is 2.18. The summed E-state index contributed by atoms with van der Waals surface area (Å²) in [7, 11) is 0. The zero-order valence-corrected chi connectivity index (χ0v) is 8.52. The molecule has 0 aliphatic rings. The zero-order valence-electron chi connectivity index (χ0n) is 8.52. The molecular formula is C12H12FO. The molecular weight excluding hydrogens is 179 g/mol. The second-order valence-electron chi connectivity index (χ2n) is 4.46. The SMILES string of the molecule is CC(C)(C)c1cc2[c]cc(F)cc2o1. The molecule has 1 heterocycles. The van der Waals surface area contributed by atoms with Crippen molar-refractivity contribution in [3.63, 3.8) is 0 Å². The predicted octanol–water partition coefficient (Wildman–Crippen LogP) is 3.67. The van der Waals surface area contributed by atoms with Crippen LogP contribution in [0, 0.1) is 11.9 Å². The predicted molar refractivity (Wildman–Crippen MR) is 53.7 cm³/mol. The van der Waals surface area contributed by atoms with Crippen molar-refractivity contribution in [1.82, 2.24) is 0 Å². The van der Waals surface area contributed by atoms with Crippen LogP contribution in [-0.4, -0.2) is 0 Å². The lowest BCUT2D eigenvalue weighted by Crippen LogP contribution is -2.08. The van der Waals surface area contributed by atoms with Crippen molar-refractivity contribution in [3.05, 3.63) is 35.8 Å². The molecule has 0 saturated heterocycles. The van der Waals surface area contributed by atoms with E-state index in [9.17, 15) is 4.39 Å². The standard InChI is InChI=1S/C12H12FO/c1-12(2,3)11-6-8-4-5-9(13)7-10(8)14-11/h5-7H,1-3H3. The molecule has 0 bridgehead atoms. The normalized spacial score (nSPS) is 12.3. The third kappa shape index (κ3) is 1.52. The lowest BCUT2D eigenvalue weighted by atomic mass is 9.93. The van der Waals surface area contributed by atoms with Crippen molar-refractivity contribution >= 4 is 11.0 Å². The van der Waals surface area contributed by atoms with Crippen molar-refractivity contribution < 1.29 is 8.81 Å². The van der Waals surface area contributed by atoms with Crippen LogP contribution in [0.25, 0.3) is 11.0 Å². The minimum Gasteiger partial charge on any atom is -0.460 e. The summed E-state index contributed by atoms with van der Waals surface area (Å²) in [5.41, 5.74) is 0.512. The average molecular weight is 191 g/mol. The van der Waals surface area contributed by atoms with E-state index in [1.165, 1.54) is 12.1 Å². The monoisotopic (exact) mass is 191 g/mol. The topological polar surface area (TPSA) is 13.1 Å². The number of hydrogen-bond acceptors (Lipinski definition) is 1. The average Bonchev–Trinajstić information content (AvgIpc) is 2.45. The van der Waals surface area contributed by atoms with Gasteiger partial charge < -0.3 is 4.42 Å². The summed E-state index contributed by atoms with van der Waals surface area (Å²) in [5.74, 6) is 0.543. The van der Waals surface area contributed by atoms with E-state index in [1.807, 2.05) is 6.07 Å². The summed E-state index contributed by atoms with van der Waals surface area (Å²) in [6.45, 7) is 6.17. The first-order chi connectivity index (χ1) is 6.47. The van der Waals surface area contributed by atoms with Gasteiger partial charge in [0.1, 0.15) is 17.2 Å². The van der Waals surface area contributed by atoms with Crippen LogP contribution in [-0.2, 0) is 5.41 Å². The Kier molecular flexibility index (Phi) is 1.88. The molecule has 1 aromatic heterocycles. The molecule has 0 aliphatic carbocycles. The second kappa shape index (κ2) is 2.84. The largest absolute Gasteiger partial charge is 0.460 e. The minimum absolute atomic E-state index is 0.0522. The first-order valence-corrected chi connectivity index (χ1v) is 4.58. The van der Waals surface area contributed by atoms with E-state index in [0.29, 0.717) is 5.58 Å². The van der Waals surface area contributed by atoms with Crippen molar-refractivity contribution in [2.45, 2.75) is 26.2 Å². The van der Waals surface area contributed by atoms with Gasteiger partial charge in [-0.15, -0.1) is 0 Å². The van der Waals surface area contributed by atoms with Gasteiger partial charge in [0, 0.05) is 16.9 Å². The van der Waals surface area contributed by atoms with Gasteiger partial charge in [0.05, 0.1) is 0 Å². The van der Waals surface area contributed by atoms with E-state index in [2.05, 4.69) is 26.8 Å². The van der Waals surface area contributed by atoms with Crippen molar-refractivity contribution in [1.29, 1.82) is 0 Å². The highest BCUT2D eigenvalue weighted by molar-refractivity contribution is 5.77. The van der Waals surface area contributed by atoms with Gasteiger partial charge in [-0.2, -0.15) is 0 Å². The van der Waals surface area contributed by atoms with Gasteiger partial charge in [-0.05, 0) is 18.2 Å². The van der Waals surface area contributed by atoms with Gasteiger partial charge in [-0.25, -0.2) is 4.39 Å². The number of benzene rings is 1. The van der Waals surface area contributed by atoms with E-state index >= 15 is 0 Å². The number of fused-ring (bicyclic) bond motifs is 1. The van der Waals surface area contributed by atoms with Crippen LogP contribution in [0.1, 0.15) is 26.5 Å². The van der Waals surface area contributed by atoms with Crippen LogP contribution in [0.4, 0.5) is 4.39 Å². The Morgan fingerprint density at radius 1 is 1.29 bits per heavy atom. The highest BCUT2D eigenvalue weighted by Crippen LogP contribution is 2.28. The molecule has 0 saturated carbocycles. The van der Waals surface area contributed by atoms with E-state index in [4.69, 9.17) is 4.42 Å². The van der Waals surface area contributed by atoms with Gasteiger partial charge in [-0.3, -0.25) is 0 Å². The molecule has 1 nitrogen and oxygen atoms in total. The van der Waals surface area contributed by atoms with Crippen molar-refractivity contribution in [2.75, 3.05) is 0 Å². The van der Waals surface area contributed by atoms with Gasteiger partial charge in [0.15, 0.2) is 0 Å². The Bertz CT molecular complexity index is 463.